The van der Waals surface area contributed by atoms with Crippen LogP contribution < -0.4 is 16.0 Å². The second-order valence-corrected chi connectivity index (χ2v) is 6.44. The van der Waals surface area contributed by atoms with Crippen LogP contribution in [-0.2, 0) is 6.54 Å². The lowest BCUT2D eigenvalue weighted by Gasteiger charge is -2.14. The predicted octanol–water partition coefficient (Wildman–Crippen LogP) is 4.13. The molecule has 0 unspecified atom stereocenters. The van der Waals surface area contributed by atoms with Crippen molar-refractivity contribution in [2.45, 2.75) is 13.5 Å². The minimum absolute atomic E-state index is 0.180. The molecule has 0 saturated heterocycles. The second kappa shape index (κ2) is 8.91. The number of hydrogen-bond donors (Lipinski definition) is 3. The third-order valence-corrected chi connectivity index (χ3v) is 4.11. The molecule has 1 aromatic heterocycles. The number of rotatable bonds is 5. The van der Waals surface area contributed by atoms with Crippen molar-refractivity contribution in [3.05, 3.63) is 89.7 Å². The van der Waals surface area contributed by atoms with Crippen LogP contribution in [0.4, 0.5) is 11.4 Å². The zero-order chi connectivity index (χ0) is 19.1. The average Bonchev–Trinajstić information content (AvgIpc) is 2.69. The normalized spacial score (nSPS) is 10.1. The molecule has 136 valence electrons. The van der Waals surface area contributed by atoms with E-state index in [1.165, 1.54) is 5.56 Å². The van der Waals surface area contributed by atoms with Gasteiger partial charge in [-0.25, -0.2) is 0 Å². The van der Waals surface area contributed by atoms with Crippen LogP contribution in [0, 0.1) is 6.92 Å². The van der Waals surface area contributed by atoms with Gasteiger partial charge in [-0.3, -0.25) is 9.78 Å². The molecule has 0 aliphatic heterocycles. The quantitative estimate of drug-likeness (QED) is 0.584. The summed E-state index contributed by atoms with van der Waals surface area (Å²) >= 11 is 5.38. The van der Waals surface area contributed by atoms with E-state index in [-0.39, 0.29) is 5.91 Å². The van der Waals surface area contributed by atoms with Gasteiger partial charge >= 0.3 is 0 Å². The van der Waals surface area contributed by atoms with E-state index in [2.05, 4.69) is 20.9 Å². The van der Waals surface area contributed by atoms with Gasteiger partial charge in [-0.15, -0.1) is 0 Å². The smallest absolute Gasteiger partial charge is 0.253 e. The van der Waals surface area contributed by atoms with Gasteiger partial charge in [-0.2, -0.15) is 0 Å². The Morgan fingerprint density at radius 3 is 2.52 bits per heavy atom. The van der Waals surface area contributed by atoms with Crippen LogP contribution >= 0.6 is 12.2 Å². The lowest BCUT2D eigenvalue weighted by molar-refractivity contribution is 0.0951. The van der Waals surface area contributed by atoms with Gasteiger partial charge in [0.05, 0.1) is 11.3 Å². The van der Waals surface area contributed by atoms with E-state index in [1.807, 2.05) is 61.5 Å². The molecule has 3 N–H and O–H groups in total. The Balaban J connectivity index is 1.65. The van der Waals surface area contributed by atoms with E-state index >= 15 is 0 Å². The summed E-state index contributed by atoms with van der Waals surface area (Å²) in [5.41, 5.74) is 4.17. The predicted molar refractivity (Wildman–Crippen MR) is 113 cm³/mol. The van der Waals surface area contributed by atoms with Gasteiger partial charge in [0.2, 0.25) is 0 Å². The third kappa shape index (κ3) is 5.36. The number of carbonyl (C=O) groups excluding carboxylic acids is 1. The van der Waals surface area contributed by atoms with E-state index < -0.39 is 0 Å². The Bertz CT molecular complexity index is 926. The number of nitrogens with zero attached hydrogens (tertiary/aromatic N) is 1. The monoisotopic (exact) mass is 376 g/mol. The number of anilines is 2. The molecule has 2 aromatic carbocycles. The van der Waals surface area contributed by atoms with Crippen molar-refractivity contribution >= 4 is 34.6 Å². The maximum atomic E-state index is 12.6. The van der Waals surface area contributed by atoms with Gasteiger partial charge in [0.15, 0.2) is 5.11 Å². The van der Waals surface area contributed by atoms with Crippen LogP contribution in [0.15, 0.2) is 73.1 Å². The summed E-state index contributed by atoms with van der Waals surface area (Å²) in [7, 11) is 0. The minimum atomic E-state index is -0.180. The molecular formula is C21H20N4OS. The zero-order valence-electron chi connectivity index (χ0n) is 14.9. The van der Waals surface area contributed by atoms with Crippen LogP contribution in [0.5, 0.6) is 0 Å². The van der Waals surface area contributed by atoms with Gasteiger partial charge in [-0.1, -0.05) is 35.9 Å². The first-order chi connectivity index (χ1) is 13.1. The molecule has 6 heteroatoms. The fraction of sp³-hybridized carbons (Fsp3) is 0.0952. The summed E-state index contributed by atoms with van der Waals surface area (Å²) in [6.07, 6.45) is 3.43. The van der Waals surface area contributed by atoms with E-state index in [0.29, 0.717) is 22.9 Å². The Morgan fingerprint density at radius 1 is 1.00 bits per heavy atom. The van der Waals surface area contributed by atoms with Crippen LogP contribution in [0.1, 0.15) is 21.5 Å². The number of carbonyl (C=O) groups is 1. The maximum absolute atomic E-state index is 12.6. The topological polar surface area (TPSA) is 66.0 Å². The fourth-order valence-corrected chi connectivity index (χ4v) is 2.72. The Labute approximate surface area is 163 Å². The van der Waals surface area contributed by atoms with Crippen LogP contribution in [0.2, 0.25) is 0 Å². The van der Waals surface area contributed by atoms with Gasteiger partial charge in [0.25, 0.3) is 5.91 Å². The lowest BCUT2D eigenvalue weighted by atomic mass is 10.1. The summed E-state index contributed by atoms with van der Waals surface area (Å²) in [6.45, 7) is 2.44. The summed E-state index contributed by atoms with van der Waals surface area (Å²) < 4.78 is 0. The van der Waals surface area contributed by atoms with Crippen LogP contribution in [0.3, 0.4) is 0 Å². The summed E-state index contributed by atoms with van der Waals surface area (Å²) in [4.78, 5) is 16.6. The first-order valence-corrected chi connectivity index (χ1v) is 8.93. The molecule has 3 rings (SSSR count). The van der Waals surface area contributed by atoms with Crippen molar-refractivity contribution in [2.24, 2.45) is 0 Å². The number of para-hydroxylation sites is 1. The standard InChI is InChI=1S/C21H20N4OS/c1-15-8-10-17(11-9-15)24-21(27)25-19-7-3-2-6-18(19)20(26)23-14-16-5-4-12-22-13-16/h2-13H,14H2,1H3,(H,23,26)(H2,24,25,27). The number of pyridine rings is 1. The highest BCUT2D eigenvalue weighted by Gasteiger charge is 2.12. The molecule has 5 nitrogen and oxygen atoms in total. The average molecular weight is 376 g/mol. The zero-order valence-corrected chi connectivity index (χ0v) is 15.7. The van der Waals surface area contributed by atoms with Crippen molar-refractivity contribution < 1.29 is 4.79 Å². The Hall–Kier alpha value is -3.25. The maximum Gasteiger partial charge on any atom is 0.253 e. The molecule has 0 atom stereocenters. The van der Waals surface area contributed by atoms with Gasteiger partial charge in [-0.05, 0) is 55.0 Å². The molecule has 0 saturated carbocycles. The van der Waals surface area contributed by atoms with E-state index in [0.717, 1.165) is 11.3 Å². The number of aryl methyl sites for hydroxylation is 1. The van der Waals surface area contributed by atoms with E-state index in [9.17, 15) is 4.79 Å². The van der Waals surface area contributed by atoms with Crippen LogP contribution in [-0.4, -0.2) is 16.0 Å². The molecule has 0 radical (unpaired) electrons. The first-order valence-electron chi connectivity index (χ1n) is 8.52. The van der Waals surface area contributed by atoms with Gasteiger partial charge in [0, 0.05) is 24.6 Å². The molecule has 3 aromatic rings. The number of hydrogen-bond acceptors (Lipinski definition) is 3. The lowest BCUT2D eigenvalue weighted by Crippen LogP contribution is -2.26. The molecule has 1 amide bonds. The van der Waals surface area contributed by atoms with Crippen molar-refractivity contribution in [2.75, 3.05) is 10.6 Å². The molecule has 1 heterocycles. The van der Waals surface area contributed by atoms with Gasteiger partial charge in [0.1, 0.15) is 0 Å². The Kier molecular flexibility index (Phi) is 6.12. The number of amides is 1. The number of thiocarbonyl (C=S) groups is 1. The first kappa shape index (κ1) is 18.5. The third-order valence-electron chi connectivity index (χ3n) is 3.91. The largest absolute Gasteiger partial charge is 0.348 e. The molecular weight excluding hydrogens is 356 g/mol. The molecule has 0 aliphatic carbocycles. The molecule has 0 aliphatic rings. The van der Waals surface area contributed by atoms with Crippen molar-refractivity contribution in [1.29, 1.82) is 0 Å². The van der Waals surface area contributed by atoms with Gasteiger partial charge < -0.3 is 16.0 Å². The SMILES string of the molecule is Cc1ccc(NC(=S)Nc2ccccc2C(=O)NCc2cccnc2)cc1. The fourth-order valence-electron chi connectivity index (χ4n) is 2.49. The summed E-state index contributed by atoms with van der Waals surface area (Å²) in [6, 6.07) is 18.9. The van der Waals surface area contributed by atoms with E-state index in [1.54, 1.807) is 18.5 Å². The Morgan fingerprint density at radius 2 is 1.78 bits per heavy atom. The number of aromatic nitrogens is 1. The molecule has 0 spiro atoms. The van der Waals surface area contributed by atoms with Crippen molar-refractivity contribution in [3.63, 3.8) is 0 Å². The summed E-state index contributed by atoms with van der Waals surface area (Å²) in [5, 5.41) is 9.55. The highest BCUT2D eigenvalue weighted by molar-refractivity contribution is 7.80. The minimum Gasteiger partial charge on any atom is -0.348 e. The second-order valence-electron chi connectivity index (χ2n) is 6.03. The number of benzene rings is 2. The highest BCUT2D eigenvalue weighted by atomic mass is 32.1. The van der Waals surface area contributed by atoms with Crippen molar-refractivity contribution in [1.82, 2.24) is 10.3 Å². The molecule has 0 bridgehead atoms. The van der Waals surface area contributed by atoms with E-state index in [4.69, 9.17) is 12.2 Å². The number of nitrogens with one attached hydrogen (secondary N) is 3. The van der Waals surface area contributed by atoms with Crippen LogP contribution in [0.25, 0.3) is 0 Å². The highest BCUT2D eigenvalue weighted by Crippen LogP contribution is 2.16. The summed E-state index contributed by atoms with van der Waals surface area (Å²) in [5.74, 6) is -0.180. The van der Waals surface area contributed by atoms with Crippen molar-refractivity contribution in [3.8, 4) is 0 Å². The molecule has 0 fully saturated rings. The molecule has 27 heavy (non-hydrogen) atoms.